The van der Waals surface area contributed by atoms with E-state index in [4.69, 9.17) is 20.4 Å². The Balaban J connectivity index is 0.000000306. The van der Waals surface area contributed by atoms with Gasteiger partial charge in [-0.2, -0.15) is 10.5 Å². The zero-order chi connectivity index (χ0) is 38.5. The fraction of sp³-hybridized carbons (Fsp3) is 0.409. The van der Waals surface area contributed by atoms with E-state index in [0.29, 0.717) is 5.56 Å². The Labute approximate surface area is 341 Å². The quantitative estimate of drug-likeness (QED) is 0.0708. The van der Waals surface area contributed by atoms with Crippen molar-refractivity contribution in [3.05, 3.63) is 108 Å². The molecule has 9 heteroatoms. The zero-order valence-electron chi connectivity index (χ0n) is 30.5. The van der Waals surface area contributed by atoms with Gasteiger partial charge in [-0.25, -0.2) is 8.78 Å². The average Bonchev–Trinajstić information content (AvgIpc) is 3.18. The van der Waals surface area contributed by atoms with Gasteiger partial charge < -0.3 is 9.84 Å². The van der Waals surface area contributed by atoms with E-state index in [0.717, 1.165) is 40.8 Å². The maximum absolute atomic E-state index is 13.7. The van der Waals surface area contributed by atoms with Crippen molar-refractivity contribution in [1.29, 1.82) is 10.5 Å². The molecule has 4 aromatic rings. The summed E-state index contributed by atoms with van der Waals surface area (Å²) in [5.41, 5.74) is 3.23. The third-order valence-electron chi connectivity index (χ3n) is 8.38. The minimum absolute atomic E-state index is 0.0301. The first-order chi connectivity index (χ1) is 25.9. The molecule has 4 nitrogen and oxygen atoms in total. The summed E-state index contributed by atoms with van der Waals surface area (Å²) in [5, 5.41) is 30.0. The highest BCUT2D eigenvalue weighted by Crippen LogP contribution is 2.25. The van der Waals surface area contributed by atoms with E-state index >= 15 is 0 Å². The minimum atomic E-state index is -0.534. The van der Waals surface area contributed by atoms with Gasteiger partial charge in [0.2, 0.25) is 0 Å². The van der Waals surface area contributed by atoms with E-state index in [1.54, 1.807) is 30.3 Å². The number of alkyl halides is 3. The van der Waals surface area contributed by atoms with E-state index in [2.05, 4.69) is 47.8 Å². The number of hydrogen-bond donors (Lipinski definition) is 1. The summed E-state index contributed by atoms with van der Waals surface area (Å²) in [5.74, 6) is -0.0244. The van der Waals surface area contributed by atoms with Crippen molar-refractivity contribution in [3.63, 3.8) is 0 Å². The number of halogens is 5. The van der Waals surface area contributed by atoms with Crippen LogP contribution in [0.5, 0.6) is 11.5 Å². The number of unbranched alkanes of at least 4 members (excludes halogenated alkanes) is 12. The number of aromatic hydroxyl groups is 1. The minimum Gasteiger partial charge on any atom is -0.508 e. The van der Waals surface area contributed by atoms with E-state index in [1.807, 2.05) is 30.3 Å². The van der Waals surface area contributed by atoms with Gasteiger partial charge in [-0.05, 0) is 96.5 Å². The summed E-state index contributed by atoms with van der Waals surface area (Å²) < 4.78 is 32.8. The molecule has 0 aliphatic rings. The summed E-state index contributed by atoms with van der Waals surface area (Å²) >= 11 is 10.3. The molecule has 4 aromatic carbocycles. The van der Waals surface area contributed by atoms with Crippen molar-refractivity contribution < 1.29 is 18.6 Å². The lowest BCUT2D eigenvalue weighted by atomic mass is 10.0. The van der Waals surface area contributed by atoms with Gasteiger partial charge in [0.1, 0.15) is 35.3 Å². The van der Waals surface area contributed by atoms with Crippen LogP contribution in [0.2, 0.25) is 0 Å². The molecule has 0 heterocycles. The zero-order valence-corrected chi connectivity index (χ0v) is 35.2. The Kier molecular flexibility index (Phi) is 25.3. The van der Waals surface area contributed by atoms with Crippen molar-refractivity contribution >= 4 is 47.8 Å². The standard InChI is InChI=1S/C22H25BrFNO.C13H8FNO.C9H18Br2/c23-14-6-4-2-1-3-5-7-15-26-21-12-10-18(11-13-21)19-8-9-20(17-25)22(24)16-19;14-13-7-10(1-2-11(13)8-15)9-3-5-12(16)6-4-9;10-8-6-4-2-1-3-5-7-9-11/h8-13,16H,1-7,14-15H2;1-7,16H;1-9H2. The van der Waals surface area contributed by atoms with Crippen molar-refractivity contribution in [2.24, 2.45) is 0 Å². The summed E-state index contributed by atoms with van der Waals surface area (Å²) in [6.45, 7) is 0.728. The maximum Gasteiger partial charge on any atom is 0.141 e. The van der Waals surface area contributed by atoms with Gasteiger partial charge in [-0.3, -0.25) is 0 Å². The number of hydrogen-bond acceptors (Lipinski definition) is 4. The van der Waals surface area contributed by atoms with Crippen LogP contribution in [0.15, 0.2) is 84.9 Å². The molecule has 0 aliphatic heterocycles. The molecule has 0 saturated carbocycles. The third-order valence-corrected chi connectivity index (χ3v) is 10.1. The van der Waals surface area contributed by atoms with Crippen molar-refractivity contribution in [1.82, 2.24) is 0 Å². The summed E-state index contributed by atoms with van der Waals surface area (Å²) in [7, 11) is 0. The van der Waals surface area contributed by atoms with Gasteiger partial charge in [0, 0.05) is 16.0 Å². The van der Waals surface area contributed by atoms with Crippen LogP contribution in [0, 0.1) is 34.3 Å². The van der Waals surface area contributed by atoms with Crippen LogP contribution in [-0.4, -0.2) is 27.7 Å². The second-order valence-electron chi connectivity index (χ2n) is 12.5. The van der Waals surface area contributed by atoms with Crippen LogP contribution in [0.1, 0.15) is 101 Å². The highest BCUT2D eigenvalue weighted by Gasteiger charge is 2.06. The molecule has 0 amide bonds. The molecule has 0 bridgehead atoms. The van der Waals surface area contributed by atoms with Gasteiger partial charge in [-0.15, -0.1) is 0 Å². The Bertz CT molecular complexity index is 1650. The highest BCUT2D eigenvalue weighted by molar-refractivity contribution is 9.09. The summed E-state index contributed by atoms with van der Waals surface area (Å²) in [6.07, 6.45) is 18.5. The van der Waals surface area contributed by atoms with E-state index in [-0.39, 0.29) is 16.9 Å². The number of ether oxygens (including phenoxy) is 1. The fourth-order valence-electron chi connectivity index (χ4n) is 5.31. The topological polar surface area (TPSA) is 77.0 Å². The Morgan fingerprint density at radius 2 is 0.811 bits per heavy atom. The highest BCUT2D eigenvalue weighted by atomic mass is 79.9. The first-order valence-corrected chi connectivity index (χ1v) is 21.8. The smallest absolute Gasteiger partial charge is 0.141 e. The molecule has 0 spiro atoms. The number of nitriles is 2. The van der Waals surface area contributed by atoms with Gasteiger partial charge >= 0.3 is 0 Å². The molecule has 0 aromatic heterocycles. The van der Waals surface area contributed by atoms with Crippen LogP contribution in [0.4, 0.5) is 8.78 Å². The predicted octanol–water partition coefficient (Wildman–Crippen LogP) is 14.4. The van der Waals surface area contributed by atoms with Crippen molar-refractivity contribution in [2.45, 2.75) is 89.9 Å². The second kappa shape index (κ2) is 29.2. The number of nitrogens with zero attached hydrogens (tertiary/aromatic N) is 2. The lowest BCUT2D eigenvalue weighted by Gasteiger charge is -2.08. The SMILES string of the molecule is BrCCCCCCCCCBr.N#Cc1ccc(-c2ccc(O)cc2)cc1F.N#Cc1ccc(-c2ccc(OCCCCCCCCCBr)cc2)cc1F. The van der Waals surface area contributed by atoms with Crippen molar-refractivity contribution in [3.8, 4) is 45.9 Å². The van der Waals surface area contributed by atoms with E-state index in [9.17, 15) is 8.78 Å². The molecule has 0 radical (unpaired) electrons. The van der Waals surface area contributed by atoms with Gasteiger partial charge in [-0.1, -0.05) is 148 Å². The predicted molar refractivity (Wildman–Crippen MR) is 226 cm³/mol. The Morgan fingerprint density at radius 1 is 0.472 bits per heavy atom. The van der Waals surface area contributed by atoms with Crippen LogP contribution < -0.4 is 4.74 Å². The van der Waals surface area contributed by atoms with Gasteiger partial charge in [0.15, 0.2) is 0 Å². The first-order valence-electron chi connectivity index (χ1n) is 18.5. The van der Waals surface area contributed by atoms with Crippen molar-refractivity contribution in [2.75, 3.05) is 22.6 Å². The number of phenols is 1. The van der Waals surface area contributed by atoms with Crippen LogP contribution in [0.3, 0.4) is 0 Å². The van der Waals surface area contributed by atoms with E-state index in [1.165, 1.54) is 131 Å². The molecule has 1 N–H and O–H groups in total. The molecule has 284 valence electrons. The Hall–Kier alpha value is -3.24. The number of rotatable bonds is 20. The lowest BCUT2D eigenvalue weighted by molar-refractivity contribution is 0.304. The van der Waals surface area contributed by atoms with E-state index < -0.39 is 11.6 Å². The normalized spacial score (nSPS) is 10.2. The molecule has 0 saturated heterocycles. The average molecular weight is 918 g/mol. The summed E-state index contributed by atoms with van der Waals surface area (Å²) in [4.78, 5) is 0. The molecule has 0 aliphatic carbocycles. The third kappa shape index (κ3) is 19.6. The van der Waals surface area contributed by atoms with Gasteiger partial charge in [0.05, 0.1) is 17.7 Å². The summed E-state index contributed by atoms with van der Waals surface area (Å²) in [6, 6.07) is 26.8. The Morgan fingerprint density at radius 3 is 1.17 bits per heavy atom. The molecule has 0 atom stereocenters. The maximum atomic E-state index is 13.7. The molecule has 0 unspecified atom stereocenters. The molecule has 4 rings (SSSR count). The molecule has 0 fully saturated rings. The number of benzene rings is 4. The largest absolute Gasteiger partial charge is 0.508 e. The molecule has 53 heavy (non-hydrogen) atoms. The second-order valence-corrected chi connectivity index (χ2v) is 14.9. The van der Waals surface area contributed by atoms with Crippen LogP contribution >= 0.6 is 47.8 Å². The first kappa shape index (κ1) is 45.9. The monoisotopic (exact) mass is 914 g/mol. The van der Waals surface area contributed by atoms with Gasteiger partial charge in [0.25, 0.3) is 0 Å². The fourth-order valence-corrected chi connectivity index (χ4v) is 6.50. The molecular weight excluding hydrogens is 866 g/mol. The van der Waals surface area contributed by atoms with Crippen LogP contribution in [0.25, 0.3) is 22.3 Å². The van der Waals surface area contributed by atoms with Crippen LogP contribution in [-0.2, 0) is 0 Å². The lowest BCUT2D eigenvalue weighted by Crippen LogP contribution is -1.97. The number of phenolic OH excluding ortho intramolecular Hbond substituents is 1. The molecular formula is C44H51Br3F2N2O2.